The van der Waals surface area contributed by atoms with Crippen LogP contribution in [0.1, 0.15) is 17.2 Å². The number of nitrogens with one attached hydrogen (secondary N) is 1. The molecule has 0 saturated carbocycles. The second kappa shape index (κ2) is 3.66. The van der Waals surface area contributed by atoms with Gasteiger partial charge in [0.2, 0.25) is 0 Å². The van der Waals surface area contributed by atoms with E-state index in [1.807, 2.05) is 18.2 Å². The van der Waals surface area contributed by atoms with Crippen LogP contribution in [-0.4, -0.2) is 18.3 Å². The Morgan fingerprint density at radius 2 is 2.38 bits per heavy atom. The first-order valence-electron chi connectivity index (χ1n) is 4.44. The van der Waals surface area contributed by atoms with Crippen molar-refractivity contribution in [1.29, 1.82) is 0 Å². The fourth-order valence-electron chi connectivity index (χ4n) is 1.77. The molecule has 0 radical (unpaired) electrons. The maximum Gasteiger partial charge on any atom is 0.0626 e. The Morgan fingerprint density at radius 3 is 3.15 bits per heavy atom. The summed E-state index contributed by atoms with van der Waals surface area (Å²) in [5.74, 6) is 0. The van der Waals surface area contributed by atoms with E-state index in [2.05, 4.69) is 5.32 Å². The fourth-order valence-corrected chi connectivity index (χ4v) is 1.95. The van der Waals surface area contributed by atoms with Crippen LogP contribution in [0.2, 0.25) is 5.02 Å². The van der Waals surface area contributed by atoms with E-state index in [1.165, 1.54) is 5.56 Å². The van der Waals surface area contributed by atoms with E-state index in [4.69, 9.17) is 16.7 Å². The number of aliphatic hydroxyl groups excluding tert-OH is 1. The van der Waals surface area contributed by atoms with Crippen molar-refractivity contribution in [2.24, 2.45) is 0 Å². The summed E-state index contributed by atoms with van der Waals surface area (Å²) in [6, 6.07) is 5.94. The Labute approximate surface area is 82.5 Å². The molecule has 0 unspecified atom stereocenters. The summed E-state index contributed by atoms with van der Waals surface area (Å²) in [4.78, 5) is 0. The molecule has 0 fully saturated rings. The molecule has 1 atom stereocenters. The van der Waals surface area contributed by atoms with Gasteiger partial charge in [0, 0.05) is 5.02 Å². The highest BCUT2D eigenvalue weighted by molar-refractivity contribution is 6.30. The fraction of sp³-hybridized carbons (Fsp3) is 0.400. The van der Waals surface area contributed by atoms with E-state index >= 15 is 0 Å². The molecule has 13 heavy (non-hydrogen) atoms. The quantitative estimate of drug-likeness (QED) is 0.716. The lowest BCUT2D eigenvalue weighted by atomic mass is 9.95. The summed E-state index contributed by atoms with van der Waals surface area (Å²) in [5, 5.41) is 13.1. The molecule has 0 saturated heterocycles. The van der Waals surface area contributed by atoms with Crippen molar-refractivity contribution in [3.8, 4) is 0 Å². The third kappa shape index (κ3) is 1.70. The van der Waals surface area contributed by atoms with Crippen molar-refractivity contribution < 1.29 is 5.11 Å². The third-order valence-corrected chi connectivity index (χ3v) is 2.69. The van der Waals surface area contributed by atoms with Gasteiger partial charge in [0.05, 0.1) is 12.6 Å². The Hall–Kier alpha value is -0.570. The van der Waals surface area contributed by atoms with Gasteiger partial charge >= 0.3 is 0 Å². The number of benzene rings is 1. The van der Waals surface area contributed by atoms with Gasteiger partial charge in [-0.15, -0.1) is 0 Å². The average molecular weight is 198 g/mol. The predicted octanol–water partition coefficient (Wildman–Crippen LogP) is 1.52. The van der Waals surface area contributed by atoms with Crippen LogP contribution in [0, 0.1) is 0 Å². The van der Waals surface area contributed by atoms with Crippen LogP contribution in [0.15, 0.2) is 18.2 Å². The summed E-state index contributed by atoms with van der Waals surface area (Å²) < 4.78 is 0. The normalized spacial score (nSPS) is 21.2. The SMILES string of the molecule is OC[C@@H]1NCCc2ccc(Cl)cc21. The van der Waals surface area contributed by atoms with Crippen LogP contribution in [0.4, 0.5) is 0 Å². The highest BCUT2D eigenvalue weighted by atomic mass is 35.5. The molecular formula is C10H12ClNO. The van der Waals surface area contributed by atoms with Crippen molar-refractivity contribution in [2.75, 3.05) is 13.2 Å². The van der Waals surface area contributed by atoms with Gasteiger partial charge in [0.25, 0.3) is 0 Å². The lowest BCUT2D eigenvalue weighted by Gasteiger charge is -2.25. The monoisotopic (exact) mass is 197 g/mol. The summed E-state index contributed by atoms with van der Waals surface area (Å²) in [7, 11) is 0. The van der Waals surface area contributed by atoms with Crippen molar-refractivity contribution in [2.45, 2.75) is 12.5 Å². The highest BCUT2D eigenvalue weighted by Crippen LogP contribution is 2.25. The molecule has 0 amide bonds. The first-order chi connectivity index (χ1) is 6.31. The first-order valence-corrected chi connectivity index (χ1v) is 4.81. The minimum absolute atomic E-state index is 0.0578. The molecule has 1 aromatic rings. The third-order valence-electron chi connectivity index (χ3n) is 2.45. The lowest BCUT2D eigenvalue weighted by Crippen LogP contribution is -2.31. The highest BCUT2D eigenvalue weighted by Gasteiger charge is 2.18. The summed E-state index contributed by atoms with van der Waals surface area (Å²) in [6.07, 6.45) is 1.02. The molecular weight excluding hydrogens is 186 g/mol. The van der Waals surface area contributed by atoms with Crippen LogP contribution >= 0.6 is 11.6 Å². The summed E-state index contributed by atoms with van der Waals surface area (Å²) >= 11 is 5.89. The van der Waals surface area contributed by atoms with Crippen LogP contribution in [0.5, 0.6) is 0 Å². The molecule has 1 aliphatic heterocycles. The summed E-state index contributed by atoms with van der Waals surface area (Å²) in [5.41, 5.74) is 2.43. The van der Waals surface area contributed by atoms with E-state index in [9.17, 15) is 0 Å². The number of halogens is 1. The zero-order valence-electron chi connectivity index (χ0n) is 7.26. The van der Waals surface area contributed by atoms with Crippen LogP contribution in [0.3, 0.4) is 0 Å². The second-order valence-corrected chi connectivity index (χ2v) is 3.72. The van der Waals surface area contributed by atoms with Gasteiger partial charge in [-0.25, -0.2) is 0 Å². The maximum absolute atomic E-state index is 9.12. The van der Waals surface area contributed by atoms with Crippen LogP contribution in [0.25, 0.3) is 0 Å². The molecule has 2 nitrogen and oxygen atoms in total. The van der Waals surface area contributed by atoms with E-state index in [0.29, 0.717) is 0 Å². The molecule has 2 N–H and O–H groups in total. The van der Waals surface area contributed by atoms with E-state index in [1.54, 1.807) is 0 Å². The molecule has 0 bridgehead atoms. The van der Waals surface area contributed by atoms with Crippen molar-refractivity contribution in [3.63, 3.8) is 0 Å². The van der Waals surface area contributed by atoms with Crippen LogP contribution in [-0.2, 0) is 6.42 Å². The molecule has 0 spiro atoms. The van der Waals surface area contributed by atoms with Gasteiger partial charge in [-0.3, -0.25) is 0 Å². The Kier molecular flexibility index (Phi) is 2.54. The zero-order valence-corrected chi connectivity index (χ0v) is 8.01. The van der Waals surface area contributed by atoms with Crippen molar-refractivity contribution in [1.82, 2.24) is 5.32 Å². The standard InChI is InChI=1S/C10H12ClNO/c11-8-2-1-7-3-4-12-10(6-13)9(7)5-8/h1-2,5,10,12-13H,3-4,6H2/t10-/m0/s1. The Balaban J connectivity index is 2.41. The summed E-state index contributed by atoms with van der Waals surface area (Å²) in [6.45, 7) is 1.06. The average Bonchev–Trinajstić information content (AvgIpc) is 2.17. The van der Waals surface area contributed by atoms with Gasteiger partial charge in [0.15, 0.2) is 0 Å². The Bertz CT molecular complexity index is 314. The second-order valence-electron chi connectivity index (χ2n) is 3.28. The molecule has 3 heteroatoms. The minimum atomic E-state index is 0.0578. The number of aliphatic hydroxyl groups is 1. The van der Waals surface area contributed by atoms with Gasteiger partial charge < -0.3 is 10.4 Å². The van der Waals surface area contributed by atoms with E-state index < -0.39 is 0 Å². The number of hydrogen-bond acceptors (Lipinski definition) is 2. The van der Waals surface area contributed by atoms with Crippen molar-refractivity contribution >= 4 is 11.6 Å². The molecule has 2 rings (SSSR count). The van der Waals surface area contributed by atoms with Gasteiger partial charge in [-0.1, -0.05) is 17.7 Å². The molecule has 70 valence electrons. The topological polar surface area (TPSA) is 32.3 Å². The van der Waals surface area contributed by atoms with E-state index in [0.717, 1.165) is 23.6 Å². The molecule has 0 aliphatic carbocycles. The Morgan fingerprint density at radius 1 is 1.54 bits per heavy atom. The minimum Gasteiger partial charge on any atom is -0.394 e. The smallest absolute Gasteiger partial charge is 0.0626 e. The van der Waals surface area contributed by atoms with Gasteiger partial charge in [-0.05, 0) is 36.2 Å². The number of fused-ring (bicyclic) bond motifs is 1. The van der Waals surface area contributed by atoms with Crippen LogP contribution < -0.4 is 5.32 Å². The van der Waals surface area contributed by atoms with Crippen molar-refractivity contribution in [3.05, 3.63) is 34.3 Å². The van der Waals surface area contributed by atoms with Gasteiger partial charge in [0.1, 0.15) is 0 Å². The maximum atomic E-state index is 9.12. The predicted molar refractivity (Wildman–Crippen MR) is 53.0 cm³/mol. The number of hydrogen-bond donors (Lipinski definition) is 2. The largest absolute Gasteiger partial charge is 0.394 e. The molecule has 1 aliphatic rings. The zero-order chi connectivity index (χ0) is 9.26. The molecule has 1 aromatic carbocycles. The first kappa shape index (κ1) is 9.00. The molecule has 0 aromatic heterocycles. The number of rotatable bonds is 1. The molecule has 1 heterocycles. The van der Waals surface area contributed by atoms with E-state index in [-0.39, 0.29) is 12.6 Å². The van der Waals surface area contributed by atoms with Gasteiger partial charge in [-0.2, -0.15) is 0 Å². The lowest BCUT2D eigenvalue weighted by molar-refractivity contribution is 0.240.